The first-order valence-electron chi connectivity index (χ1n) is 7.63. The maximum Gasteiger partial charge on any atom is 0.271 e. The van der Waals surface area contributed by atoms with E-state index in [4.69, 9.17) is 0 Å². The summed E-state index contributed by atoms with van der Waals surface area (Å²) in [6, 6.07) is 6.63. The van der Waals surface area contributed by atoms with Gasteiger partial charge in [0.25, 0.3) is 11.5 Å². The molecule has 1 aliphatic heterocycles. The topological polar surface area (TPSA) is 54.7 Å². The monoisotopic (exact) mass is 343 g/mol. The van der Waals surface area contributed by atoms with E-state index in [1.807, 2.05) is 0 Å². The number of hydrogen-bond acceptors (Lipinski definition) is 4. The molecule has 7 heteroatoms. The fourth-order valence-electron chi connectivity index (χ4n) is 3.15. The van der Waals surface area contributed by atoms with E-state index in [0.717, 1.165) is 0 Å². The molecule has 0 aliphatic carbocycles. The van der Waals surface area contributed by atoms with Crippen molar-refractivity contribution in [3.05, 3.63) is 69.3 Å². The smallest absolute Gasteiger partial charge is 0.271 e. The first-order chi connectivity index (χ1) is 11.6. The molecule has 1 aromatic carbocycles. The van der Waals surface area contributed by atoms with Gasteiger partial charge >= 0.3 is 0 Å². The van der Waals surface area contributed by atoms with Crippen LogP contribution >= 0.6 is 11.3 Å². The van der Waals surface area contributed by atoms with Crippen LogP contribution in [0.3, 0.4) is 0 Å². The number of benzene rings is 1. The minimum Gasteiger partial charge on any atom is -0.338 e. The van der Waals surface area contributed by atoms with Gasteiger partial charge in [-0.1, -0.05) is 18.2 Å². The van der Waals surface area contributed by atoms with Crippen LogP contribution in [0.5, 0.6) is 0 Å². The highest BCUT2D eigenvalue weighted by molar-refractivity contribution is 7.15. The molecule has 3 heterocycles. The highest BCUT2D eigenvalue weighted by atomic mass is 32.1. The van der Waals surface area contributed by atoms with Gasteiger partial charge in [0.05, 0.1) is 0 Å². The van der Waals surface area contributed by atoms with E-state index in [1.54, 1.807) is 34.7 Å². The van der Waals surface area contributed by atoms with E-state index < -0.39 is 0 Å². The fourth-order valence-corrected chi connectivity index (χ4v) is 3.82. The van der Waals surface area contributed by atoms with Gasteiger partial charge in [-0.2, -0.15) is 0 Å². The van der Waals surface area contributed by atoms with Crippen molar-refractivity contribution in [3.8, 4) is 0 Å². The number of amides is 1. The predicted octanol–water partition coefficient (Wildman–Crippen LogP) is 2.52. The van der Waals surface area contributed by atoms with E-state index in [0.29, 0.717) is 30.0 Å². The zero-order chi connectivity index (χ0) is 16.7. The van der Waals surface area contributed by atoms with Gasteiger partial charge < -0.3 is 4.90 Å². The Hall–Kier alpha value is -2.54. The van der Waals surface area contributed by atoms with E-state index in [1.165, 1.54) is 28.0 Å². The molecule has 0 N–H and O–H groups in total. The highest BCUT2D eigenvalue weighted by Crippen LogP contribution is 2.29. The molecule has 1 amide bonds. The number of fused-ring (bicyclic) bond motifs is 1. The maximum atomic E-state index is 13.9. The van der Waals surface area contributed by atoms with Crippen LogP contribution in [0.15, 0.2) is 46.8 Å². The Morgan fingerprint density at radius 1 is 1.33 bits per heavy atom. The summed E-state index contributed by atoms with van der Waals surface area (Å²) in [7, 11) is 0. The first-order valence-corrected chi connectivity index (χ1v) is 8.51. The second-order valence-electron chi connectivity index (χ2n) is 5.79. The van der Waals surface area contributed by atoms with Crippen LogP contribution < -0.4 is 5.56 Å². The summed E-state index contributed by atoms with van der Waals surface area (Å²) in [4.78, 5) is 31.4. The van der Waals surface area contributed by atoms with Crippen molar-refractivity contribution >= 4 is 22.2 Å². The average Bonchev–Trinajstić information content (AvgIpc) is 3.25. The molecule has 1 saturated heterocycles. The first kappa shape index (κ1) is 15.0. The standard InChI is InChI=1S/C17H14FN3O2S/c18-14-4-2-1-3-12(14)11-5-6-20(10-11)15(22)13-9-19-17-21(16(13)23)7-8-24-17/h1-4,7-9,11H,5-6,10H2. The fraction of sp³-hybridized carbons (Fsp3) is 0.235. The van der Waals surface area contributed by atoms with Crippen molar-refractivity contribution in [1.29, 1.82) is 0 Å². The van der Waals surface area contributed by atoms with E-state index in [2.05, 4.69) is 4.98 Å². The Morgan fingerprint density at radius 2 is 2.17 bits per heavy atom. The van der Waals surface area contributed by atoms with Gasteiger partial charge in [-0.25, -0.2) is 9.37 Å². The van der Waals surface area contributed by atoms with Crippen molar-refractivity contribution in [2.45, 2.75) is 12.3 Å². The average molecular weight is 343 g/mol. The van der Waals surface area contributed by atoms with Gasteiger partial charge in [-0.3, -0.25) is 14.0 Å². The molecule has 5 nitrogen and oxygen atoms in total. The Kier molecular flexibility index (Phi) is 3.65. The molecule has 0 radical (unpaired) electrons. The van der Waals surface area contributed by atoms with Crippen LogP contribution in [0.4, 0.5) is 4.39 Å². The lowest BCUT2D eigenvalue weighted by molar-refractivity contribution is 0.0788. The van der Waals surface area contributed by atoms with E-state index in [-0.39, 0.29) is 28.8 Å². The van der Waals surface area contributed by atoms with Gasteiger partial charge in [0, 0.05) is 36.8 Å². The molecule has 3 aromatic rings. The largest absolute Gasteiger partial charge is 0.338 e. The van der Waals surface area contributed by atoms with Gasteiger partial charge in [-0.15, -0.1) is 11.3 Å². The van der Waals surface area contributed by atoms with Crippen molar-refractivity contribution < 1.29 is 9.18 Å². The van der Waals surface area contributed by atoms with E-state index in [9.17, 15) is 14.0 Å². The minimum absolute atomic E-state index is 0.0456. The number of rotatable bonds is 2. The maximum absolute atomic E-state index is 13.9. The number of halogens is 1. The van der Waals surface area contributed by atoms with Gasteiger partial charge in [0.2, 0.25) is 0 Å². The van der Waals surface area contributed by atoms with Gasteiger partial charge in [0.15, 0.2) is 4.96 Å². The number of thiazole rings is 1. The molecule has 1 aliphatic rings. The Morgan fingerprint density at radius 3 is 3.00 bits per heavy atom. The molecule has 0 bridgehead atoms. The molecule has 4 rings (SSSR count). The zero-order valence-electron chi connectivity index (χ0n) is 12.7. The van der Waals surface area contributed by atoms with Crippen LogP contribution in [0.2, 0.25) is 0 Å². The Bertz CT molecular complexity index is 981. The summed E-state index contributed by atoms with van der Waals surface area (Å²) < 4.78 is 15.3. The third kappa shape index (κ3) is 2.41. The summed E-state index contributed by atoms with van der Waals surface area (Å²) in [5, 5.41) is 1.75. The normalized spacial score (nSPS) is 17.5. The number of carbonyl (C=O) groups is 1. The third-order valence-electron chi connectivity index (χ3n) is 4.39. The molecule has 1 unspecified atom stereocenters. The molecule has 0 spiro atoms. The molecular weight excluding hydrogens is 329 g/mol. The molecule has 1 atom stereocenters. The lowest BCUT2D eigenvalue weighted by atomic mass is 9.98. The van der Waals surface area contributed by atoms with Crippen LogP contribution in [0.25, 0.3) is 4.96 Å². The second-order valence-corrected chi connectivity index (χ2v) is 6.66. The number of hydrogen-bond donors (Lipinski definition) is 0. The Labute approximate surface area is 141 Å². The molecule has 1 fully saturated rings. The molecule has 24 heavy (non-hydrogen) atoms. The quantitative estimate of drug-likeness (QED) is 0.718. The number of likely N-dealkylation sites (tertiary alicyclic amines) is 1. The van der Waals surface area contributed by atoms with Crippen molar-refractivity contribution in [2.75, 3.05) is 13.1 Å². The summed E-state index contributed by atoms with van der Waals surface area (Å²) >= 11 is 1.34. The van der Waals surface area contributed by atoms with Crippen LogP contribution in [0.1, 0.15) is 28.3 Å². The SMILES string of the molecule is O=C(c1cnc2sccn2c1=O)N1CCC(c2ccccc2F)C1. The van der Waals surface area contributed by atoms with Crippen molar-refractivity contribution in [3.63, 3.8) is 0 Å². The number of carbonyl (C=O) groups excluding carboxylic acids is 1. The summed E-state index contributed by atoms with van der Waals surface area (Å²) in [6.45, 7) is 0.912. The van der Waals surface area contributed by atoms with Crippen molar-refractivity contribution in [1.82, 2.24) is 14.3 Å². The predicted molar refractivity (Wildman–Crippen MR) is 89.0 cm³/mol. The lowest BCUT2D eigenvalue weighted by Gasteiger charge is -2.16. The lowest BCUT2D eigenvalue weighted by Crippen LogP contribution is -2.34. The van der Waals surface area contributed by atoms with E-state index >= 15 is 0 Å². The zero-order valence-corrected chi connectivity index (χ0v) is 13.5. The Balaban J connectivity index is 1.60. The van der Waals surface area contributed by atoms with Crippen LogP contribution in [-0.4, -0.2) is 33.3 Å². The minimum atomic E-state index is -0.361. The molecular formula is C17H14FN3O2S. The summed E-state index contributed by atoms with van der Waals surface area (Å²) in [6.07, 6.45) is 3.63. The number of nitrogens with zero attached hydrogens (tertiary/aromatic N) is 3. The van der Waals surface area contributed by atoms with Gasteiger partial charge in [0.1, 0.15) is 11.4 Å². The third-order valence-corrected chi connectivity index (χ3v) is 5.16. The van der Waals surface area contributed by atoms with Crippen LogP contribution in [0, 0.1) is 5.82 Å². The molecule has 2 aromatic heterocycles. The number of aromatic nitrogens is 2. The second kappa shape index (κ2) is 5.83. The molecule has 122 valence electrons. The highest BCUT2D eigenvalue weighted by Gasteiger charge is 2.30. The van der Waals surface area contributed by atoms with Crippen LogP contribution in [-0.2, 0) is 0 Å². The summed E-state index contributed by atoms with van der Waals surface area (Å²) in [5.74, 6) is -0.638. The van der Waals surface area contributed by atoms with Crippen molar-refractivity contribution in [2.24, 2.45) is 0 Å². The summed E-state index contributed by atoms with van der Waals surface area (Å²) in [5.41, 5.74) is 0.316. The molecule has 0 saturated carbocycles. The van der Waals surface area contributed by atoms with Gasteiger partial charge in [-0.05, 0) is 18.1 Å².